The SMILES string of the molecule is C=C.CC(C)CN(C(=O)C(C(F)(F)F)C(F)(F)F)c1ccccc1. The molecule has 0 N–H and O–H groups in total. The first-order chi connectivity index (χ1) is 10.9. The van der Waals surface area contributed by atoms with Gasteiger partial charge in [-0.2, -0.15) is 26.3 Å². The number of para-hydroxylation sites is 1. The van der Waals surface area contributed by atoms with Crippen molar-refractivity contribution in [1.82, 2.24) is 0 Å². The van der Waals surface area contributed by atoms with Crippen molar-refractivity contribution >= 4 is 11.6 Å². The minimum absolute atomic E-state index is 0.000278. The second-order valence-corrected chi connectivity index (χ2v) is 5.19. The largest absolute Gasteiger partial charge is 0.409 e. The first-order valence-corrected chi connectivity index (χ1v) is 6.94. The molecular weight excluding hydrogens is 336 g/mol. The van der Waals surface area contributed by atoms with Crippen LogP contribution < -0.4 is 4.90 Å². The number of carbonyl (C=O) groups is 1. The van der Waals surface area contributed by atoms with Crippen LogP contribution in [0.2, 0.25) is 0 Å². The molecule has 1 aromatic rings. The van der Waals surface area contributed by atoms with E-state index in [2.05, 4.69) is 13.2 Å². The van der Waals surface area contributed by atoms with Crippen LogP contribution in [0.3, 0.4) is 0 Å². The average Bonchev–Trinajstić information content (AvgIpc) is 2.44. The molecule has 0 aromatic heterocycles. The van der Waals surface area contributed by atoms with Gasteiger partial charge in [0, 0.05) is 12.2 Å². The molecule has 0 unspecified atom stereocenters. The van der Waals surface area contributed by atoms with Gasteiger partial charge < -0.3 is 4.90 Å². The predicted molar refractivity (Wildman–Crippen MR) is 80.5 cm³/mol. The molecule has 0 spiro atoms. The van der Waals surface area contributed by atoms with Crippen molar-refractivity contribution in [3.05, 3.63) is 43.5 Å². The highest BCUT2D eigenvalue weighted by atomic mass is 19.4. The molecule has 2 nitrogen and oxygen atoms in total. The molecule has 0 radical (unpaired) electrons. The van der Waals surface area contributed by atoms with Gasteiger partial charge >= 0.3 is 12.4 Å². The van der Waals surface area contributed by atoms with Crippen LogP contribution in [-0.2, 0) is 4.79 Å². The zero-order valence-corrected chi connectivity index (χ0v) is 13.3. The second-order valence-electron chi connectivity index (χ2n) is 5.19. The molecular formula is C16H19F6NO. The summed E-state index contributed by atoms with van der Waals surface area (Å²) in [5.41, 5.74) is -0.000278. The number of alkyl halides is 6. The van der Waals surface area contributed by atoms with Gasteiger partial charge in [-0.3, -0.25) is 4.79 Å². The van der Waals surface area contributed by atoms with Crippen LogP contribution in [-0.4, -0.2) is 24.8 Å². The Labute approximate surface area is 136 Å². The number of hydrogen-bond donors (Lipinski definition) is 0. The minimum atomic E-state index is -5.70. The lowest BCUT2D eigenvalue weighted by molar-refractivity contribution is -0.273. The van der Waals surface area contributed by atoms with E-state index in [1.165, 1.54) is 24.3 Å². The number of hydrogen-bond acceptors (Lipinski definition) is 1. The monoisotopic (exact) mass is 355 g/mol. The summed E-state index contributed by atoms with van der Waals surface area (Å²) >= 11 is 0. The highest BCUT2D eigenvalue weighted by molar-refractivity contribution is 5.96. The van der Waals surface area contributed by atoms with Crippen LogP contribution >= 0.6 is 0 Å². The van der Waals surface area contributed by atoms with Crippen LogP contribution in [0.15, 0.2) is 43.5 Å². The maximum Gasteiger partial charge on any atom is 0.409 e. The molecule has 0 saturated carbocycles. The Balaban J connectivity index is 0.00000254. The van der Waals surface area contributed by atoms with Gasteiger partial charge in [0.25, 0.3) is 0 Å². The van der Waals surface area contributed by atoms with Gasteiger partial charge in [-0.15, -0.1) is 13.2 Å². The molecule has 8 heteroatoms. The average molecular weight is 355 g/mol. The van der Waals surface area contributed by atoms with E-state index in [4.69, 9.17) is 0 Å². The van der Waals surface area contributed by atoms with Gasteiger partial charge in [-0.1, -0.05) is 32.0 Å². The van der Waals surface area contributed by atoms with Crippen molar-refractivity contribution in [2.75, 3.05) is 11.4 Å². The van der Waals surface area contributed by atoms with E-state index in [1.807, 2.05) is 0 Å². The van der Waals surface area contributed by atoms with E-state index in [-0.39, 0.29) is 18.2 Å². The summed E-state index contributed by atoms with van der Waals surface area (Å²) in [5.74, 6) is -6.34. The van der Waals surface area contributed by atoms with Crippen LogP contribution in [0, 0.1) is 11.8 Å². The third kappa shape index (κ3) is 6.25. The van der Waals surface area contributed by atoms with Gasteiger partial charge in [0.15, 0.2) is 0 Å². The van der Waals surface area contributed by atoms with E-state index in [9.17, 15) is 31.1 Å². The van der Waals surface area contributed by atoms with Gasteiger partial charge in [0.2, 0.25) is 11.8 Å². The zero-order chi connectivity index (χ0) is 19.1. The zero-order valence-electron chi connectivity index (χ0n) is 13.3. The van der Waals surface area contributed by atoms with Gasteiger partial charge in [-0.05, 0) is 18.1 Å². The summed E-state index contributed by atoms with van der Waals surface area (Å²) in [6.45, 7) is 8.95. The Morgan fingerprint density at radius 3 is 1.75 bits per heavy atom. The summed E-state index contributed by atoms with van der Waals surface area (Å²) in [6.07, 6.45) is -11.4. The Morgan fingerprint density at radius 1 is 1.00 bits per heavy atom. The Hall–Kier alpha value is -1.99. The quantitative estimate of drug-likeness (QED) is 0.536. The van der Waals surface area contributed by atoms with Gasteiger partial charge in [0.05, 0.1) is 0 Å². The van der Waals surface area contributed by atoms with Crippen molar-refractivity contribution in [3.8, 4) is 0 Å². The van der Waals surface area contributed by atoms with E-state index >= 15 is 0 Å². The number of benzene rings is 1. The molecule has 24 heavy (non-hydrogen) atoms. The first-order valence-electron chi connectivity index (χ1n) is 6.94. The normalized spacial score (nSPS) is 11.9. The van der Waals surface area contributed by atoms with Crippen molar-refractivity contribution in [2.24, 2.45) is 11.8 Å². The molecule has 0 aliphatic carbocycles. The highest BCUT2D eigenvalue weighted by Crippen LogP contribution is 2.41. The fraction of sp³-hybridized carbons (Fsp3) is 0.438. The van der Waals surface area contributed by atoms with E-state index in [0.29, 0.717) is 4.90 Å². The second kappa shape index (κ2) is 8.75. The molecule has 136 valence electrons. The summed E-state index contributed by atoms with van der Waals surface area (Å²) in [7, 11) is 0. The third-order valence-corrected chi connectivity index (χ3v) is 2.78. The van der Waals surface area contributed by atoms with Crippen LogP contribution in [0.25, 0.3) is 0 Å². The Kier molecular flexibility index (Phi) is 8.02. The molecule has 0 saturated heterocycles. The number of rotatable bonds is 4. The minimum Gasteiger partial charge on any atom is -0.311 e. The molecule has 1 rings (SSSR count). The lowest BCUT2D eigenvalue weighted by atomic mass is 10.0. The topological polar surface area (TPSA) is 20.3 Å². The molecule has 0 aliphatic rings. The van der Waals surface area contributed by atoms with Crippen LogP contribution in [0.1, 0.15) is 13.8 Å². The molecule has 0 bridgehead atoms. The lowest BCUT2D eigenvalue weighted by Crippen LogP contribution is -2.50. The van der Waals surface area contributed by atoms with Crippen LogP contribution in [0.5, 0.6) is 0 Å². The number of carbonyl (C=O) groups excluding carboxylic acids is 1. The van der Waals surface area contributed by atoms with Crippen LogP contribution in [0.4, 0.5) is 32.0 Å². The lowest BCUT2D eigenvalue weighted by Gasteiger charge is -2.30. The molecule has 0 aliphatic heterocycles. The van der Waals surface area contributed by atoms with Crippen molar-refractivity contribution in [3.63, 3.8) is 0 Å². The molecule has 1 amide bonds. The smallest absolute Gasteiger partial charge is 0.311 e. The standard InChI is InChI=1S/C14H15F6NO.C2H4/c1-9(2)8-21(10-6-4-3-5-7-10)12(22)11(13(15,16)17)14(18,19)20;1-2/h3-7,9,11H,8H2,1-2H3;1-2H2. The molecule has 1 aromatic carbocycles. The van der Waals surface area contributed by atoms with E-state index in [1.54, 1.807) is 19.9 Å². The van der Waals surface area contributed by atoms with Crippen molar-refractivity contribution in [1.29, 1.82) is 0 Å². The number of amides is 1. The number of nitrogens with zero attached hydrogens (tertiary/aromatic N) is 1. The van der Waals surface area contributed by atoms with Gasteiger partial charge in [0.1, 0.15) is 0 Å². The van der Waals surface area contributed by atoms with E-state index in [0.717, 1.165) is 0 Å². The summed E-state index contributed by atoms with van der Waals surface area (Å²) < 4.78 is 76.3. The van der Waals surface area contributed by atoms with Crippen molar-refractivity contribution < 1.29 is 31.1 Å². The van der Waals surface area contributed by atoms with Crippen molar-refractivity contribution in [2.45, 2.75) is 26.2 Å². The Bertz CT molecular complexity index is 496. The maximum absolute atomic E-state index is 12.7. The number of halogens is 6. The fourth-order valence-electron chi connectivity index (χ4n) is 1.92. The molecule has 0 heterocycles. The Morgan fingerprint density at radius 2 is 1.42 bits per heavy atom. The predicted octanol–water partition coefficient (Wildman–Crippen LogP) is 5.22. The molecule has 0 fully saturated rings. The fourth-order valence-corrected chi connectivity index (χ4v) is 1.92. The molecule has 0 atom stereocenters. The van der Waals surface area contributed by atoms with E-state index < -0.39 is 24.2 Å². The summed E-state index contributed by atoms with van der Waals surface area (Å²) in [6, 6.07) is 7.01. The highest BCUT2D eigenvalue weighted by Gasteiger charge is 2.62. The van der Waals surface area contributed by atoms with Gasteiger partial charge in [-0.25, -0.2) is 0 Å². The summed E-state index contributed by atoms with van der Waals surface area (Å²) in [5, 5.41) is 0. The summed E-state index contributed by atoms with van der Waals surface area (Å²) in [4.78, 5) is 12.5. The first kappa shape index (κ1) is 22.0. The number of anilines is 1. The third-order valence-electron chi connectivity index (χ3n) is 2.78. The maximum atomic E-state index is 12.7.